The topological polar surface area (TPSA) is 66.5 Å². The van der Waals surface area contributed by atoms with Crippen LogP contribution >= 0.6 is 11.6 Å². The van der Waals surface area contributed by atoms with E-state index in [-0.39, 0.29) is 23.2 Å². The molecule has 1 atom stereocenters. The lowest BCUT2D eigenvalue weighted by Crippen LogP contribution is -2.44. The highest BCUT2D eigenvalue weighted by atomic mass is 35.5. The number of anilines is 1. The first kappa shape index (κ1) is 18.2. The number of benzene rings is 1. The number of carbonyl (C=O) groups excluding carboxylic acids is 1. The molecule has 1 aliphatic rings. The van der Waals surface area contributed by atoms with Gasteiger partial charge in [0.2, 0.25) is 15.9 Å². The summed E-state index contributed by atoms with van der Waals surface area (Å²) in [7, 11) is -3.31. The van der Waals surface area contributed by atoms with Gasteiger partial charge >= 0.3 is 0 Å². The van der Waals surface area contributed by atoms with Gasteiger partial charge in [0.25, 0.3) is 0 Å². The van der Waals surface area contributed by atoms with Crippen LogP contribution in [0.25, 0.3) is 0 Å². The second-order valence-corrected chi connectivity index (χ2v) is 8.12. The summed E-state index contributed by atoms with van der Waals surface area (Å²) in [6.07, 6.45) is 1.79. The Bertz CT molecular complexity index is 681. The maximum absolute atomic E-state index is 13.0. The molecule has 1 N–H and O–H groups in total. The predicted molar refractivity (Wildman–Crippen MR) is 88.4 cm³/mol. The Kier molecular flexibility index (Phi) is 6.00. The number of nitrogens with zero attached hydrogens (tertiary/aromatic N) is 1. The van der Waals surface area contributed by atoms with Crippen molar-refractivity contribution in [3.05, 3.63) is 29.0 Å². The van der Waals surface area contributed by atoms with Crippen molar-refractivity contribution in [3.63, 3.8) is 0 Å². The number of nitrogens with one attached hydrogen (secondary N) is 1. The molecule has 8 heteroatoms. The first-order valence-electron chi connectivity index (χ1n) is 7.57. The smallest absolute Gasteiger partial charge is 0.228 e. The molecular formula is C15H20ClFN2O3S. The van der Waals surface area contributed by atoms with Crippen molar-refractivity contribution in [2.75, 3.05) is 24.2 Å². The summed E-state index contributed by atoms with van der Waals surface area (Å²) in [5.41, 5.74) is 0.326. The van der Waals surface area contributed by atoms with Gasteiger partial charge in [-0.25, -0.2) is 17.1 Å². The number of hydrogen-bond donors (Lipinski definition) is 1. The lowest BCUT2D eigenvalue weighted by Gasteiger charge is -2.31. The molecule has 1 amide bonds. The number of amides is 1. The molecule has 0 aliphatic carbocycles. The van der Waals surface area contributed by atoms with E-state index in [1.165, 1.54) is 16.4 Å². The van der Waals surface area contributed by atoms with Crippen LogP contribution in [-0.4, -0.2) is 37.5 Å². The van der Waals surface area contributed by atoms with Crippen LogP contribution in [0.5, 0.6) is 0 Å². The van der Waals surface area contributed by atoms with Gasteiger partial charge in [-0.15, -0.1) is 0 Å². The number of carbonyl (C=O) groups is 1. The molecule has 2 rings (SSSR count). The number of halogens is 2. The standard InChI is InChI=1S/C15H20ClFN2O3S/c1-2-8-23(21,22)19-7-3-4-11(10-19)15(20)18-14-6-5-12(17)9-13(14)16/h5-6,9,11H,2-4,7-8,10H2,1H3,(H,18,20)/t11-/m1/s1. The highest BCUT2D eigenvalue weighted by Crippen LogP contribution is 2.25. The van der Waals surface area contributed by atoms with E-state index >= 15 is 0 Å². The van der Waals surface area contributed by atoms with E-state index < -0.39 is 21.8 Å². The normalized spacial score (nSPS) is 19.5. The third-order valence-corrected chi connectivity index (χ3v) is 6.15. The average Bonchev–Trinajstić information content (AvgIpc) is 2.50. The summed E-state index contributed by atoms with van der Waals surface area (Å²) < 4.78 is 38.7. The minimum absolute atomic E-state index is 0.0884. The Morgan fingerprint density at radius 3 is 2.87 bits per heavy atom. The van der Waals surface area contributed by atoms with Crippen LogP contribution in [0.1, 0.15) is 26.2 Å². The Morgan fingerprint density at radius 2 is 2.22 bits per heavy atom. The largest absolute Gasteiger partial charge is 0.324 e. The second kappa shape index (κ2) is 7.59. The zero-order valence-corrected chi connectivity index (χ0v) is 14.5. The monoisotopic (exact) mass is 362 g/mol. The number of sulfonamides is 1. The van der Waals surface area contributed by atoms with Crippen LogP contribution in [-0.2, 0) is 14.8 Å². The van der Waals surface area contributed by atoms with Crippen LogP contribution in [0.4, 0.5) is 10.1 Å². The third kappa shape index (κ3) is 4.65. The van der Waals surface area contributed by atoms with Crippen LogP contribution in [0.15, 0.2) is 18.2 Å². The molecule has 0 aromatic heterocycles. The molecule has 0 unspecified atom stereocenters. The van der Waals surface area contributed by atoms with E-state index in [1.54, 1.807) is 0 Å². The van der Waals surface area contributed by atoms with Crippen molar-refractivity contribution in [1.29, 1.82) is 0 Å². The van der Waals surface area contributed by atoms with Gasteiger partial charge in [0.15, 0.2) is 0 Å². The third-order valence-electron chi connectivity index (χ3n) is 3.80. The summed E-state index contributed by atoms with van der Waals surface area (Å²) in [5.74, 6) is -1.13. The van der Waals surface area contributed by atoms with Gasteiger partial charge in [0, 0.05) is 13.1 Å². The number of piperidine rings is 1. The Balaban J connectivity index is 2.05. The molecule has 0 bridgehead atoms. The molecule has 1 aliphatic heterocycles. The molecule has 128 valence electrons. The summed E-state index contributed by atoms with van der Waals surface area (Å²) in [5, 5.41) is 2.77. The molecule has 1 fully saturated rings. The van der Waals surface area contributed by atoms with Gasteiger partial charge in [-0.2, -0.15) is 0 Å². The van der Waals surface area contributed by atoms with Crippen LogP contribution < -0.4 is 5.32 Å². The SMILES string of the molecule is CCCS(=O)(=O)N1CCC[C@@H](C(=O)Nc2ccc(F)cc2Cl)C1. The average molecular weight is 363 g/mol. The van der Waals surface area contributed by atoms with Crippen molar-refractivity contribution in [3.8, 4) is 0 Å². The zero-order chi connectivity index (χ0) is 17.0. The lowest BCUT2D eigenvalue weighted by atomic mass is 9.98. The molecule has 1 aromatic rings. The summed E-state index contributed by atoms with van der Waals surface area (Å²) in [4.78, 5) is 12.4. The first-order chi connectivity index (χ1) is 10.8. The number of hydrogen-bond acceptors (Lipinski definition) is 3. The maximum atomic E-state index is 13.0. The van der Waals surface area contributed by atoms with Crippen LogP contribution in [0, 0.1) is 11.7 Å². The summed E-state index contributed by atoms with van der Waals surface area (Å²) in [6.45, 7) is 2.43. The van der Waals surface area contributed by atoms with Crippen molar-refractivity contribution in [1.82, 2.24) is 4.31 Å². The summed E-state index contributed by atoms with van der Waals surface area (Å²) in [6, 6.07) is 3.72. The Morgan fingerprint density at radius 1 is 1.48 bits per heavy atom. The van der Waals surface area contributed by atoms with Gasteiger partial charge in [-0.05, 0) is 37.5 Å². The highest BCUT2D eigenvalue weighted by Gasteiger charge is 2.32. The van der Waals surface area contributed by atoms with Gasteiger partial charge in [-0.1, -0.05) is 18.5 Å². The molecule has 5 nitrogen and oxygen atoms in total. The van der Waals surface area contributed by atoms with E-state index in [1.807, 2.05) is 6.92 Å². The van der Waals surface area contributed by atoms with Gasteiger partial charge in [0.05, 0.1) is 22.4 Å². The first-order valence-corrected chi connectivity index (χ1v) is 9.56. The zero-order valence-electron chi connectivity index (χ0n) is 12.9. The minimum atomic E-state index is -3.31. The van der Waals surface area contributed by atoms with Gasteiger partial charge in [0.1, 0.15) is 5.82 Å². The molecule has 0 spiro atoms. The fourth-order valence-electron chi connectivity index (χ4n) is 2.62. The highest BCUT2D eigenvalue weighted by molar-refractivity contribution is 7.89. The van der Waals surface area contributed by atoms with Crippen molar-refractivity contribution in [2.45, 2.75) is 26.2 Å². The molecule has 23 heavy (non-hydrogen) atoms. The van der Waals surface area contributed by atoms with Crippen molar-refractivity contribution < 1.29 is 17.6 Å². The minimum Gasteiger partial charge on any atom is -0.324 e. The predicted octanol–water partition coefficient (Wildman–Crippen LogP) is 2.87. The summed E-state index contributed by atoms with van der Waals surface area (Å²) >= 11 is 5.89. The molecule has 1 heterocycles. The van der Waals surface area contributed by atoms with E-state index in [0.717, 1.165) is 6.07 Å². The van der Waals surface area contributed by atoms with Crippen LogP contribution in [0.3, 0.4) is 0 Å². The Hall–Kier alpha value is -1.18. The second-order valence-electron chi connectivity index (χ2n) is 5.63. The van der Waals surface area contributed by atoms with Crippen molar-refractivity contribution >= 4 is 33.2 Å². The lowest BCUT2D eigenvalue weighted by molar-refractivity contribution is -0.120. The maximum Gasteiger partial charge on any atom is 0.228 e. The van der Waals surface area contributed by atoms with E-state index in [9.17, 15) is 17.6 Å². The Labute approximate surface area is 140 Å². The van der Waals surface area contributed by atoms with Gasteiger partial charge in [-0.3, -0.25) is 4.79 Å². The molecule has 0 radical (unpaired) electrons. The fraction of sp³-hybridized carbons (Fsp3) is 0.533. The van der Waals surface area contributed by atoms with Crippen LogP contribution in [0.2, 0.25) is 5.02 Å². The van der Waals surface area contributed by atoms with E-state index in [2.05, 4.69) is 5.32 Å². The fourth-order valence-corrected chi connectivity index (χ4v) is 4.42. The van der Waals surface area contributed by atoms with E-state index in [0.29, 0.717) is 31.5 Å². The molecule has 1 aromatic carbocycles. The molecule has 0 saturated carbocycles. The van der Waals surface area contributed by atoms with E-state index in [4.69, 9.17) is 11.6 Å². The van der Waals surface area contributed by atoms with Gasteiger partial charge < -0.3 is 5.32 Å². The number of rotatable bonds is 5. The molecular weight excluding hydrogens is 343 g/mol. The molecule has 1 saturated heterocycles. The van der Waals surface area contributed by atoms with Crippen molar-refractivity contribution in [2.24, 2.45) is 5.92 Å². The quantitative estimate of drug-likeness (QED) is 0.875.